The zero-order valence-electron chi connectivity index (χ0n) is 26.3. The van der Waals surface area contributed by atoms with Crippen molar-refractivity contribution in [3.8, 4) is 0 Å². The van der Waals surface area contributed by atoms with E-state index in [1.54, 1.807) is 0 Å². The number of amides is 4. The van der Waals surface area contributed by atoms with Crippen LogP contribution in [0.15, 0.2) is 0 Å². The van der Waals surface area contributed by atoms with Crippen LogP contribution in [0, 0.1) is 0 Å². The molecule has 0 radical (unpaired) electrons. The number of carbonyl (C=O) groups excluding carboxylic acids is 4. The normalized spacial score (nSPS) is 32.9. The molecular weight excluding hydrogens is 654 g/mol. The second-order valence-corrected chi connectivity index (χ2v) is 11.2. The smallest absolute Gasteiger partial charge is 0.335 e. The van der Waals surface area contributed by atoms with Crippen LogP contribution in [-0.4, -0.2) is 170 Å². The molecule has 14 atom stereocenters. The van der Waals surface area contributed by atoms with Crippen LogP contribution in [0.1, 0.15) is 27.7 Å². The first-order valence-corrected chi connectivity index (χ1v) is 14.5. The van der Waals surface area contributed by atoms with Crippen molar-refractivity contribution >= 4 is 35.6 Å². The van der Waals surface area contributed by atoms with Gasteiger partial charge in [0.15, 0.2) is 24.8 Å². The first-order valence-electron chi connectivity index (χ1n) is 14.5. The summed E-state index contributed by atoms with van der Waals surface area (Å²) < 4.78 is 22.7. The Morgan fingerprint density at radius 1 is 0.750 bits per heavy atom. The molecule has 0 aromatic rings. The van der Waals surface area contributed by atoms with Crippen LogP contribution in [0.4, 0.5) is 0 Å². The predicted molar refractivity (Wildman–Crippen MR) is 153 cm³/mol. The van der Waals surface area contributed by atoms with Gasteiger partial charge in [0.05, 0.1) is 37.4 Å². The van der Waals surface area contributed by atoms with Gasteiger partial charge in [-0.2, -0.15) is 0 Å². The van der Waals surface area contributed by atoms with E-state index in [0.29, 0.717) is 0 Å². The zero-order chi connectivity index (χ0) is 36.6. The summed E-state index contributed by atoms with van der Waals surface area (Å²) in [7, 11) is 0. The summed E-state index contributed by atoms with van der Waals surface area (Å²) in [5.74, 6) is -6.60. The van der Waals surface area contributed by atoms with E-state index >= 15 is 0 Å². The highest BCUT2D eigenvalue weighted by Crippen LogP contribution is 2.31. The van der Waals surface area contributed by atoms with Gasteiger partial charge < -0.3 is 81.7 Å². The van der Waals surface area contributed by atoms with Crippen molar-refractivity contribution in [2.45, 2.75) is 113 Å². The third-order valence-electron chi connectivity index (χ3n) is 7.39. The van der Waals surface area contributed by atoms with Crippen LogP contribution >= 0.6 is 0 Å². The number of carboxylic acid groups (broad SMARTS) is 2. The topological polar surface area (TPSA) is 355 Å². The van der Waals surface area contributed by atoms with Crippen LogP contribution in [0.5, 0.6) is 0 Å². The fraction of sp³-hybridized carbons (Fsp3) is 0.769. The van der Waals surface area contributed by atoms with E-state index in [1.165, 1.54) is 0 Å². The molecule has 2 heterocycles. The molecule has 13 N–H and O–H groups in total. The molecule has 274 valence electrons. The van der Waals surface area contributed by atoms with E-state index in [1.807, 2.05) is 0 Å². The molecule has 0 aliphatic carbocycles. The molecule has 2 aliphatic heterocycles. The van der Waals surface area contributed by atoms with Gasteiger partial charge in [-0.15, -0.1) is 0 Å². The van der Waals surface area contributed by atoms with Crippen molar-refractivity contribution in [1.29, 1.82) is 0 Å². The van der Waals surface area contributed by atoms with Crippen molar-refractivity contribution in [1.82, 2.24) is 21.3 Å². The maximum absolute atomic E-state index is 12.6. The molecule has 0 spiro atoms. The largest absolute Gasteiger partial charge is 0.479 e. The number of aliphatic hydroxyl groups excluding tert-OH is 5. The van der Waals surface area contributed by atoms with Crippen molar-refractivity contribution in [2.24, 2.45) is 5.73 Å². The molecule has 0 bridgehead atoms. The minimum Gasteiger partial charge on any atom is -0.479 e. The zero-order valence-corrected chi connectivity index (χ0v) is 26.3. The van der Waals surface area contributed by atoms with Gasteiger partial charge in [-0.25, -0.2) is 9.59 Å². The Bertz CT molecular complexity index is 1180. The number of hydrogen-bond acceptors (Lipinski definition) is 16. The number of nitrogens with two attached hydrogens (primary N) is 1. The van der Waals surface area contributed by atoms with Gasteiger partial charge in [-0.05, 0) is 0 Å². The maximum atomic E-state index is 12.6. The van der Waals surface area contributed by atoms with Gasteiger partial charge in [0.1, 0.15) is 36.6 Å². The highest BCUT2D eigenvalue weighted by molar-refractivity contribution is 5.77. The fourth-order valence-electron chi connectivity index (χ4n) is 5.31. The van der Waals surface area contributed by atoms with Crippen LogP contribution in [-0.2, 0) is 47.7 Å². The van der Waals surface area contributed by atoms with E-state index in [9.17, 15) is 64.5 Å². The molecule has 2 saturated heterocycles. The molecule has 22 nitrogen and oxygen atoms in total. The second kappa shape index (κ2) is 17.7. The van der Waals surface area contributed by atoms with Gasteiger partial charge in [0.2, 0.25) is 23.6 Å². The third-order valence-corrected chi connectivity index (χ3v) is 7.39. The summed E-state index contributed by atoms with van der Waals surface area (Å²) >= 11 is 0. The Morgan fingerprint density at radius 3 is 1.71 bits per heavy atom. The van der Waals surface area contributed by atoms with E-state index in [-0.39, 0.29) is 0 Å². The summed E-state index contributed by atoms with van der Waals surface area (Å²) in [6.45, 7) is 2.16. The molecular formula is C26H43N5O17. The summed E-state index contributed by atoms with van der Waals surface area (Å²) in [6, 6.07) is -7.90. The molecule has 22 heteroatoms. The van der Waals surface area contributed by atoms with E-state index in [2.05, 4.69) is 21.3 Å². The van der Waals surface area contributed by atoms with Crippen LogP contribution in [0.2, 0.25) is 0 Å². The fourth-order valence-corrected chi connectivity index (χ4v) is 5.31. The number of aliphatic carboxylic acids is 2. The number of aliphatic hydroxyl groups is 5. The Morgan fingerprint density at radius 2 is 1.25 bits per heavy atom. The Labute approximate surface area is 272 Å². The third kappa shape index (κ3) is 10.2. The average Bonchev–Trinajstić information content (AvgIpc) is 2.98. The standard InChI is InChI=1S/C26H43N5O17/c1-7(34)28-11(5-32)19(17(39)12(38)6-33)45-26-16(31-10(4)37)15(30-9(3)36)20(22(48-26)24(43)44)46-25-14(29-8(2)35)13(27)18(40)21(47-25)23(41)42/h11-22,25-26,32-33,38-40H,5-6,27H2,1-4H3,(H,28,34)(H,29,35)(H,30,36)(H,31,37)(H,41,42)(H,43,44)/t11-,12+,13+,14-,15+,16-,17-,18-,19+,20-,21-,22+,25+,26+/m0/s1. The highest BCUT2D eigenvalue weighted by atomic mass is 16.7. The number of carboxylic acids is 2. The van der Waals surface area contributed by atoms with E-state index in [4.69, 9.17) is 24.7 Å². The Balaban J connectivity index is 2.69. The molecule has 0 saturated carbocycles. The van der Waals surface area contributed by atoms with Gasteiger partial charge in [-0.3, -0.25) is 19.2 Å². The summed E-state index contributed by atoms with van der Waals surface area (Å²) in [5, 5.41) is 80.0. The lowest BCUT2D eigenvalue weighted by Gasteiger charge is -2.49. The molecule has 4 amide bonds. The summed E-state index contributed by atoms with van der Waals surface area (Å²) in [5.41, 5.74) is 6.02. The molecule has 0 aromatic heterocycles. The van der Waals surface area contributed by atoms with Crippen molar-refractivity contribution < 1.29 is 83.5 Å². The van der Waals surface area contributed by atoms with Crippen LogP contribution < -0.4 is 27.0 Å². The van der Waals surface area contributed by atoms with Crippen LogP contribution in [0.25, 0.3) is 0 Å². The minimum absolute atomic E-state index is 0.737. The van der Waals surface area contributed by atoms with E-state index in [0.717, 1.165) is 27.7 Å². The van der Waals surface area contributed by atoms with Crippen molar-refractivity contribution in [3.05, 3.63) is 0 Å². The number of nitrogens with one attached hydrogen (secondary N) is 4. The first kappa shape index (κ1) is 40.6. The highest BCUT2D eigenvalue weighted by Gasteiger charge is 2.56. The maximum Gasteiger partial charge on any atom is 0.335 e. The SMILES string of the molecule is CC(=O)N[C@@H]1[C@H](O[C@H]2[C@H](NC(C)=O)[C@H](NC(C)=O)[C@H](O[C@@H]([C@@H](O)[C@H](O)CO)[C@H](CO)NC(C)=O)O[C@H]2C(=O)O)O[C@H](C(=O)O)[C@@H](O)[C@@H]1N. The number of carbonyl (C=O) groups is 6. The average molecular weight is 698 g/mol. The number of hydrogen-bond donors (Lipinski definition) is 12. The van der Waals surface area contributed by atoms with Gasteiger partial charge >= 0.3 is 11.9 Å². The van der Waals surface area contributed by atoms with Crippen molar-refractivity contribution in [3.63, 3.8) is 0 Å². The Hall–Kier alpha value is -3.58. The number of rotatable bonds is 15. The lowest BCUT2D eigenvalue weighted by atomic mass is 9.91. The molecule has 48 heavy (non-hydrogen) atoms. The van der Waals surface area contributed by atoms with E-state index < -0.39 is 134 Å². The van der Waals surface area contributed by atoms with Crippen molar-refractivity contribution in [2.75, 3.05) is 13.2 Å². The minimum atomic E-state index is -2.20. The summed E-state index contributed by atoms with van der Waals surface area (Å²) in [6.07, 6.45) is -17.8. The lowest BCUT2D eigenvalue weighted by molar-refractivity contribution is -0.312. The molecule has 2 aliphatic rings. The van der Waals surface area contributed by atoms with Gasteiger partial charge in [0, 0.05) is 27.7 Å². The molecule has 0 unspecified atom stereocenters. The predicted octanol–water partition coefficient (Wildman–Crippen LogP) is -7.21. The summed E-state index contributed by atoms with van der Waals surface area (Å²) in [4.78, 5) is 73.1. The Kier molecular flexibility index (Phi) is 15.0. The van der Waals surface area contributed by atoms with Gasteiger partial charge in [0.25, 0.3) is 0 Å². The number of ether oxygens (including phenoxy) is 4. The first-order chi connectivity index (χ1) is 22.3. The van der Waals surface area contributed by atoms with Crippen LogP contribution in [0.3, 0.4) is 0 Å². The van der Waals surface area contributed by atoms with Gasteiger partial charge in [-0.1, -0.05) is 0 Å². The second-order valence-electron chi connectivity index (χ2n) is 11.2. The molecule has 2 rings (SSSR count). The quantitative estimate of drug-likeness (QED) is 0.0756. The molecule has 0 aromatic carbocycles. The lowest BCUT2D eigenvalue weighted by Crippen LogP contribution is -2.74. The molecule has 2 fully saturated rings. The monoisotopic (exact) mass is 697 g/mol.